The van der Waals surface area contributed by atoms with Gasteiger partial charge in [0.05, 0.1) is 6.61 Å². The molecule has 0 atom stereocenters. The van der Waals surface area contributed by atoms with Gasteiger partial charge in [-0.2, -0.15) is 0 Å². The van der Waals surface area contributed by atoms with Gasteiger partial charge in [0.1, 0.15) is 17.0 Å². The second kappa shape index (κ2) is 3.77. The van der Waals surface area contributed by atoms with Gasteiger partial charge in [-0.1, -0.05) is 0 Å². The number of carbonyl (C=O) groups excluding carboxylic acids is 1. The molecule has 1 fully saturated rings. The summed E-state index contributed by atoms with van der Waals surface area (Å²) in [7, 11) is 0. The van der Waals surface area contributed by atoms with E-state index in [1.165, 1.54) is 0 Å². The molecule has 2 rings (SSSR count). The van der Waals surface area contributed by atoms with Gasteiger partial charge in [0, 0.05) is 0 Å². The van der Waals surface area contributed by atoms with Crippen molar-refractivity contribution in [3.8, 4) is 0 Å². The van der Waals surface area contributed by atoms with Crippen LogP contribution in [0.25, 0.3) is 0 Å². The van der Waals surface area contributed by atoms with Gasteiger partial charge in [0.15, 0.2) is 0 Å². The van der Waals surface area contributed by atoms with Crippen LogP contribution in [0.15, 0.2) is 11.8 Å². The number of carbonyl (C=O) groups is 1. The highest BCUT2D eigenvalue weighted by atomic mass is 16.7. The summed E-state index contributed by atoms with van der Waals surface area (Å²) in [6.45, 7) is 5.96. The van der Waals surface area contributed by atoms with Crippen LogP contribution in [-0.4, -0.2) is 24.0 Å². The molecule has 90 valence electrons. The summed E-state index contributed by atoms with van der Waals surface area (Å²) in [6.07, 6.45) is 4.16. The van der Waals surface area contributed by atoms with Crippen LogP contribution < -0.4 is 0 Å². The van der Waals surface area contributed by atoms with Gasteiger partial charge in [-0.05, 0) is 46.1 Å². The average molecular weight is 226 g/mol. The molecule has 16 heavy (non-hydrogen) atoms. The third-order valence-corrected chi connectivity index (χ3v) is 2.82. The molecule has 0 amide bonds. The van der Waals surface area contributed by atoms with Crippen molar-refractivity contribution in [3.63, 3.8) is 0 Å². The van der Waals surface area contributed by atoms with Gasteiger partial charge in [0.2, 0.25) is 0 Å². The molecule has 0 bridgehead atoms. The summed E-state index contributed by atoms with van der Waals surface area (Å²) in [4.78, 5) is 11.5. The number of ether oxygens (including phenoxy) is 3. The van der Waals surface area contributed by atoms with Crippen molar-refractivity contribution in [3.05, 3.63) is 11.8 Å². The first-order valence-electron chi connectivity index (χ1n) is 5.67. The Hall–Kier alpha value is -1.03. The van der Waals surface area contributed by atoms with E-state index in [4.69, 9.17) is 14.2 Å². The molecule has 0 aromatic heterocycles. The molecule has 1 saturated carbocycles. The van der Waals surface area contributed by atoms with Crippen LogP contribution >= 0.6 is 0 Å². The van der Waals surface area contributed by atoms with Gasteiger partial charge >= 0.3 is 6.16 Å². The lowest BCUT2D eigenvalue weighted by molar-refractivity contribution is -0.0760. The zero-order valence-corrected chi connectivity index (χ0v) is 10.0. The van der Waals surface area contributed by atoms with Crippen molar-refractivity contribution in [1.82, 2.24) is 0 Å². The van der Waals surface area contributed by atoms with Crippen LogP contribution in [0.1, 0.15) is 40.0 Å². The highest BCUT2D eigenvalue weighted by Gasteiger charge is 2.47. The van der Waals surface area contributed by atoms with Crippen molar-refractivity contribution in [2.45, 2.75) is 51.2 Å². The molecule has 0 aromatic carbocycles. The molecule has 4 nitrogen and oxygen atoms in total. The Morgan fingerprint density at radius 1 is 1.44 bits per heavy atom. The maximum Gasteiger partial charge on any atom is 0.514 e. The van der Waals surface area contributed by atoms with Crippen molar-refractivity contribution in [2.75, 3.05) is 6.61 Å². The first-order valence-corrected chi connectivity index (χ1v) is 5.67. The maximum atomic E-state index is 11.5. The Labute approximate surface area is 95.6 Å². The fourth-order valence-corrected chi connectivity index (χ4v) is 1.92. The largest absolute Gasteiger partial charge is 0.514 e. The highest BCUT2D eigenvalue weighted by Crippen LogP contribution is 2.45. The molecule has 0 saturated heterocycles. The second-order valence-electron chi connectivity index (χ2n) is 5.29. The van der Waals surface area contributed by atoms with Gasteiger partial charge < -0.3 is 14.2 Å². The first-order chi connectivity index (χ1) is 7.41. The smallest absolute Gasteiger partial charge is 0.428 e. The topological polar surface area (TPSA) is 44.8 Å². The van der Waals surface area contributed by atoms with Crippen LogP contribution in [0, 0.1) is 0 Å². The van der Waals surface area contributed by atoms with Crippen LogP contribution in [0.3, 0.4) is 0 Å². The molecule has 0 unspecified atom stereocenters. The van der Waals surface area contributed by atoms with E-state index in [-0.39, 0.29) is 5.60 Å². The standard InChI is InChI=1S/C12H18O4/c1-11(2,3)16-10(13)15-9-5-8-14-12(9)6-4-7-12/h5H,4,6-8H2,1-3H3. The van der Waals surface area contributed by atoms with E-state index in [0.717, 1.165) is 19.3 Å². The number of rotatable bonds is 1. The third kappa shape index (κ3) is 2.21. The SMILES string of the molecule is CC(C)(C)OC(=O)OC1=CCOC12CCC2. The normalized spacial score (nSPS) is 22.6. The van der Waals surface area contributed by atoms with E-state index in [1.807, 2.05) is 26.8 Å². The van der Waals surface area contributed by atoms with E-state index in [9.17, 15) is 4.79 Å². The fraction of sp³-hybridized carbons (Fsp3) is 0.750. The minimum Gasteiger partial charge on any atom is -0.428 e. The molecular formula is C12H18O4. The quantitative estimate of drug-likeness (QED) is 0.645. The van der Waals surface area contributed by atoms with Gasteiger partial charge in [-0.15, -0.1) is 0 Å². The summed E-state index contributed by atoms with van der Waals surface area (Å²) in [5.74, 6) is 0.632. The Bertz CT molecular complexity index is 320. The summed E-state index contributed by atoms with van der Waals surface area (Å²) >= 11 is 0. The van der Waals surface area contributed by atoms with Crippen LogP contribution in [-0.2, 0) is 14.2 Å². The predicted molar refractivity (Wildman–Crippen MR) is 57.9 cm³/mol. The summed E-state index contributed by atoms with van der Waals surface area (Å²) in [5.41, 5.74) is -0.846. The van der Waals surface area contributed by atoms with Crippen molar-refractivity contribution in [1.29, 1.82) is 0 Å². The van der Waals surface area contributed by atoms with E-state index in [0.29, 0.717) is 12.4 Å². The molecular weight excluding hydrogens is 208 g/mol. The first kappa shape index (κ1) is 11.5. The molecule has 1 aliphatic heterocycles. The van der Waals surface area contributed by atoms with Gasteiger partial charge in [-0.25, -0.2) is 4.79 Å². The lowest BCUT2D eigenvalue weighted by Crippen LogP contribution is -2.40. The molecule has 1 spiro atoms. The summed E-state index contributed by atoms with van der Waals surface area (Å²) in [6, 6.07) is 0. The second-order valence-corrected chi connectivity index (χ2v) is 5.29. The molecule has 1 heterocycles. The van der Waals surface area contributed by atoms with Crippen molar-refractivity contribution >= 4 is 6.16 Å². The Morgan fingerprint density at radius 3 is 2.62 bits per heavy atom. The van der Waals surface area contributed by atoms with Crippen LogP contribution in [0.2, 0.25) is 0 Å². The highest BCUT2D eigenvalue weighted by molar-refractivity contribution is 5.62. The van der Waals surface area contributed by atoms with E-state index in [2.05, 4.69) is 0 Å². The van der Waals surface area contributed by atoms with Crippen molar-refractivity contribution < 1.29 is 19.0 Å². The van der Waals surface area contributed by atoms with Crippen molar-refractivity contribution in [2.24, 2.45) is 0 Å². The maximum absolute atomic E-state index is 11.5. The lowest BCUT2D eigenvalue weighted by Gasteiger charge is -2.38. The van der Waals surface area contributed by atoms with Crippen LogP contribution in [0.4, 0.5) is 4.79 Å². The zero-order valence-electron chi connectivity index (χ0n) is 10.0. The molecule has 0 N–H and O–H groups in total. The van der Waals surface area contributed by atoms with E-state index >= 15 is 0 Å². The fourth-order valence-electron chi connectivity index (χ4n) is 1.92. The minimum absolute atomic E-state index is 0.323. The zero-order chi connectivity index (χ0) is 11.8. The third-order valence-electron chi connectivity index (χ3n) is 2.82. The lowest BCUT2D eigenvalue weighted by atomic mass is 9.79. The van der Waals surface area contributed by atoms with Gasteiger partial charge in [-0.3, -0.25) is 0 Å². The number of hydrogen-bond acceptors (Lipinski definition) is 4. The summed E-state index contributed by atoms with van der Waals surface area (Å²) < 4.78 is 15.9. The molecule has 4 heteroatoms. The van der Waals surface area contributed by atoms with E-state index in [1.54, 1.807) is 0 Å². The Morgan fingerprint density at radius 2 is 2.12 bits per heavy atom. The molecule has 0 radical (unpaired) electrons. The monoisotopic (exact) mass is 226 g/mol. The summed E-state index contributed by atoms with van der Waals surface area (Å²) in [5, 5.41) is 0. The Balaban J connectivity index is 1.92. The minimum atomic E-state index is -0.643. The number of hydrogen-bond donors (Lipinski definition) is 0. The predicted octanol–water partition coefficient (Wildman–Crippen LogP) is 2.77. The molecule has 1 aliphatic carbocycles. The molecule has 2 aliphatic rings. The van der Waals surface area contributed by atoms with E-state index < -0.39 is 11.8 Å². The van der Waals surface area contributed by atoms with Gasteiger partial charge in [0.25, 0.3) is 0 Å². The average Bonchev–Trinajstić information content (AvgIpc) is 2.42. The Kier molecular flexibility index (Phi) is 2.70. The molecule has 0 aromatic rings. The van der Waals surface area contributed by atoms with Crippen LogP contribution in [0.5, 0.6) is 0 Å².